The fourth-order valence-corrected chi connectivity index (χ4v) is 3.27. The monoisotopic (exact) mass is 352 g/mol. The quantitative estimate of drug-likeness (QED) is 0.376. The summed E-state index contributed by atoms with van der Waals surface area (Å²) >= 11 is 6.13. The maximum absolute atomic E-state index is 12.2. The Morgan fingerprint density at radius 3 is 2.83 bits per heavy atom. The number of carbonyl (C=O) groups excluding carboxylic acids is 1. The summed E-state index contributed by atoms with van der Waals surface area (Å²) in [7, 11) is 0. The maximum atomic E-state index is 12.2. The van der Waals surface area contributed by atoms with Gasteiger partial charge < -0.3 is 5.11 Å². The molecule has 0 aromatic heterocycles. The molecule has 0 atom stereocenters. The van der Waals surface area contributed by atoms with Crippen molar-refractivity contribution in [3.05, 3.63) is 44.3 Å². The second kappa shape index (κ2) is 6.88. The third kappa shape index (κ3) is 3.93. The minimum Gasteiger partial charge on any atom is -0.481 e. The number of benzene rings is 1. The number of carbonyl (C=O) groups is 2. The molecule has 23 heavy (non-hydrogen) atoms. The molecule has 1 fully saturated rings. The highest BCUT2D eigenvalue weighted by Gasteiger charge is 2.32. The van der Waals surface area contributed by atoms with Gasteiger partial charge in [0.25, 0.3) is 11.6 Å². The first-order valence-electron chi connectivity index (χ1n) is 6.52. The summed E-state index contributed by atoms with van der Waals surface area (Å²) in [5.74, 6) is -1.40. The van der Waals surface area contributed by atoms with Crippen LogP contribution >= 0.6 is 24.0 Å². The third-order valence-electron chi connectivity index (χ3n) is 3.15. The van der Waals surface area contributed by atoms with Gasteiger partial charge in [0.2, 0.25) is 0 Å². The van der Waals surface area contributed by atoms with Crippen molar-refractivity contribution in [2.24, 2.45) is 0 Å². The Labute approximate surface area is 141 Å². The largest absolute Gasteiger partial charge is 0.481 e. The van der Waals surface area contributed by atoms with Crippen LogP contribution in [0.2, 0.25) is 0 Å². The van der Waals surface area contributed by atoms with E-state index >= 15 is 0 Å². The van der Waals surface area contributed by atoms with Gasteiger partial charge in [-0.1, -0.05) is 36.1 Å². The zero-order valence-corrected chi connectivity index (χ0v) is 13.6. The number of carboxylic acid groups (broad SMARTS) is 1. The molecule has 0 bridgehead atoms. The van der Waals surface area contributed by atoms with Crippen molar-refractivity contribution >= 4 is 51.9 Å². The van der Waals surface area contributed by atoms with Gasteiger partial charge in [-0.3, -0.25) is 24.6 Å². The topological polar surface area (TPSA) is 101 Å². The third-order valence-corrected chi connectivity index (χ3v) is 4.53. The maximum Gasteiger partial charge on any atom is 0.305 e. The zero-order chi connectivity index (χ0) is 17.1. The number of aliphatic carboxylic acids is 1. The van der Waals surface area contributed by atoms with Crippen LogP contribution < -0.4 is 0 Å². The number of aryl methyl sites for hydroxylation is 1. The number of hydrogen-bond donors (Lipinski definition) is 1. The van der Waals surface area contributed by atoms with Gasteiger partial charge in [-0.15, -0.1) is 0 Å². The van der Waals surface area contributed by atoms with Gasteiger partial charge in [-0.25, -0.2) is 0 Å². The van der Waals surface area contributed by atoms with E-state index in [-0.39, 0.29) is 28.9 Å². The predicted molar refractivity (Wildman–Crippen MR) is 90.0 cm³/mol. The summed E-state index contributed by atoms with van der Waals surface area (Å²) in [6, 6.07) is 4.67. The highest BCUT2D eigenvalue weighted by molar-refractivity contribution is 8.26. The number of hydrogen-bond acceptors (Lipinski definition) is 6. The standard InChI is InChI=1S/C14H12N2O5S2/c1-8-2-3-9(6-10(8)16(20)21)7-11-13(19)15(14(22)23-11)5-4-12(17)18/h2-3,6-7H,4-5H2,1H3,(H,17,18)/b11-7-. The van der Waals surface area contributed by atoms with Crippen LogP contribution in [0.5, 0.6) is 0 Å². The number of nitro groups is 1. The van der Waals surface area contributed by atoms with E-state index in [2.05, 4.69) is 0 Å². The molecular weight excluding hydrogens is 340 g/mol. The zero-order valence-electron chi connectivity index (χ0n) is 12.0. The summed E-state index contributed by atoms with van der Waals surface area (Å²) in [5.41, 5.74) is 1.02. The number of nitro benzene ring substituents is 1. The molecule has 1 heterocycles. The number of nitrogens with zero attached hydrogens (tertiary/aromatic N) is 2. The lowest BCUT2D eigenvalue weighted by Gasteiger charge is -2.12. The van der Waals surface area contributed by atoms with Gasteiger partial charge in [0.1, 0.15) is 4.32 Å². The number of thioether (sulfide) groups is 1. The molecule has 7 nitrogen and oxygen atoms in total. The average molecular weight is 352 g/mol. The molecule has 0 saturated carbocycles. The fourth-order valence-electron chi connectivity index (χ4n) is 1.96. The lowest BCUT2D eigenvalue weighted by Crippen LogP contribution is -2.30. The van der Waals surface area contributed by atoms with E-state index in [4.69, 9.17) is 17.3 Å². The van der Waals surface area contributed by atoms with Crippen LogP contribution in [0.25, 0.3) is 6.08 Å². The van der Waals surface area contributed by atoms with Crippen molar-refractivity contribution in [1.29, 1.82) is 0 Å². The number of rotatable bonds is 5. The van der Waals surface area contributed by atoms with Crippen molar-refractivity contribution in [2.45, 2.75) is 13.3 Å². The van der Waals surface area contributed by atoms with Crippen molar-refractivity contribution in [3.8, 4) is 0 Å². The molecule has 1 amide bonds. The number of carboxylic acids is 1. The molecule has 1 aromatic rings. The van der Waals surface area contributed by atoms with Gasteiger partial charge >= 0.3 is 5.97 Å². The SMILES string of the molecule is Cc1ccc(/C=C2\SC(=S)N(CCC(=O)O)C2=O)cc1[N+](=O)[O-]. The van der Waals surface area contributed by atoms with Crippen LogP contribution in [-0.2, 0) is 9.59 Å². The normalized spacial score (nSPS) is 16.2. The molecule has 120 valence electrons. The van der Waals surface area contributed by atoms with Crippen LogP contribution in [-0.4, -0.2) is 37.7 Å². The van der Waals surface area contributed by atoms with Crippen LogP contribution in [0.1, 0.15) is 17.5 Å². The highest BCUT2D eigenvalue weighted by Crippen LogP contribution is 2.33. The van der Waals surface area contributed by atoms with Crippen LogP contribution in [0.4, 0.5) is 5.69 Å². The molecule has 1 aliphatic heterocycles. The first-order valence-corrected chi connectivity index (χ1v) is 7.74. The first-order chi connectivity index (χ1) is 10.8. The second-order valence-corrected chi connectivity index (χ2v) is 6.46. The van der Waals surface area contributed by atoms with E-state index < -0.39 is 10.9 Å². The summed E-state index contributed by atoms with van der Waals surface area (Å²) in [4.78, 5) is 34.9. The van der Waals surface area contributed by atoms with Crippen molar-refractivity contribution < 1.29 is 19.6 Å². The first kappa shape index (κ1) is 17.1. The van der Waals surface area contributed by atoms with Gasteiger partial charge in [0, 0.05) is 18.2 Å². The van der Waals surface area contributed by atoms with E-state index in [1.165, 1.54) is 17.0 Å². The van der Waals surface area contributed by atoms with Crippen LogP contribution in [0.3, 0.4) is 0 Å². The summed E-state index contributed by atoms with van der Waals surface area (Å²) in [6.45, 7) is 1.64. The molecule has 1 N–H and O–H groups in total. The Morgan fingerprint density at radius 1 is 1.52 bits per heavy atom. The van der Waals surface area contributed by atoms with E-state index in [9.17, 15) is 19.7 Å². The van der Waals surface area contributed by atoms with Gasteiger partial charge in [-0.2, -0.15) is 0 Å². The number of thiocarbonyl (C=S) groups is 1. The predicted octanol–water partition coefficient (Wildman–Crippen LogP) is 2.58. The van der Waals surface area contributed by atoms with Crippen molar-refractivity contribution in [3.63, 3.8) is 0 Å². The molecule has 0 unspecified atom stereocenters. The lowest BCUT2D eigenvalue weighted by atomic mass is 10.1. The summed E-state index contributed by atoms with van der Waals surface area (Å²) in [6.07, 6.45) is 1.32. The summed E-state index contributed by atoms with van der Waals surface area (Å²) in [5, 5.41) is 19.6. The molecule has 1 aromatic carbocycles. The molecule has 0 aliphatic carbocycles. The smallest absolute Gasteiger partial charge is 0.305 e. The fraction of sp³-hybridized carbons (Fsp3) is 0.214. The lowest BCUT2D eigenvalue weighted by molar-refractivity contribution is -0.385. The molecular formula is C14H12N2O5S2. The molecule has 9 heteroatoms. The molecule has 0 spiro atoms. The van der Waals surface area contributed by atoms with Crippen molar-refractivity contribution in [1.82, 2.24) is 4.90 Å². The summed E-state index contributed by atoms with van der Waals surface area (Å²) < 4.78 is 0.282. The molecule has 1 saturated heterocycles. The number of amides is 1. The average Bonchev–Trinajstić information content (AvgIpc) is 2.73. The second-order valence-electron chi connectivity index (χ2n) is 4.78. The minimum absolute atomic E-state index is 0.00534. The van der Waals surface area contributed by atoms with Crippen molar-refractivity contribution in [2.75, 3.05) is 6.54 Å². The molecule has 0 radical (unpaired) electrons. The van der Waals surface area contributed by atoms with E-state index in [0.717, 1.165) is 11.8 Å². The van der Waals surface area contributed by atoms with Gasteiger partial charge in [0.05, 0.1) is 16.2 Å². The van der Waals surface area contributed by atoms with Crippen LogP contribution in [0.15, 0.2) is 23.1 Å². The van der Waals surface area contributed by atoms with E-state index in [0.29, 0.717) is 16.0 Å². The molecule has 2 rings (SSSR count). The van der Waals surface area contributed by atoms with Gasteiger partial charge in [0.15, 0.2) is 0 Å². The van der Waals surface area contributed by atoms with Gasteiger partial charge in [-0.05, 0) is 18.6 Å². The Morgan fingerprint density at radius 2 is 2.22 bits per heavy atom. The Kier molecular flexibility index (Phi) is 5.12. The minimum atomic E-state index is -1.02. The highest BCUT2D eigenvalue weighted by atomic mass is 32.2. The molecule has 1 aliphatic rings. The van der Waals surface area contributed by atoms with Crippen LogP contribution in [0, 0.1) is 17.0 Å². The Bertz CT molecular complexity index is 745. The van der Waals surface area contributed by atoms with E-state index in [1.54, 1.807) is 19.1 Å². The Balaban J connectivity index is 2.25. The Hall–Kier alpha value is -2.26. The van der Waals surface area contributed by atoms with E-state index in [1.807, 2.05) is 0 Å².